The van der Waals surface area contributed by atoms with E-state index >= 15 is 0 Å². The van der Waals surface area contributed by atoms with Gasteiger partial charge >= 0.3 is 0 Å². The second-order valence-corrected chi connectivity index (χ2v) is 5.78. The number of phenolic OH excluding ortho intramolecular Hbond substituents is 1. The Labute approximate surface area is 109 Å². The van der Waals surface area contributed by atoms with Gasteiger partial charge in [0.05, 0.1) is 0 Å². The highest BCUT2D eigenvalue weighted by Crippen LogP contribution is 2.46. The predicted molar refractivity (Wildman–Crippen MR) is 73.8 cm³/mol. The zero-order chi connectivity index (χ0) is 12.6. The van der Waals surface area contributed by atoms with E-state index in [9.17, 15) is 5.11 Å². The molecule has 0 saturated carbocycles. The number of phenols is 1. The van der Waals surface area contributed by atoms with Crippen molar-refractivity contribution in [1.82, 2.24) is 4.90 Å². The van der Waals surface area contributed by atoms with Gasteiger partial charge in [-0.2, -0.15) is 0 Å². The van der Waals surface area contributed by atoms with E-state index in [2.05, 4.69) is 30.2 Å². The van der Waals surface area contributed by atoms with Crippen LogP contribution in [0.25, 0.3) is 0 Å². The van der Waals surface area contributed by atoms with Crippen LogP contribution in [0.15, 0.2) is 36.4 Å². The molecule has 0 amide bonds. The molecule has 0 radical (unpaired) electrons. The van der Waals surface area contributed by atoms with Crippen LogP contribution in [-0.4, -0.2) is 30.1 Å². The van der Waals surface area contributed by atoms with Crippen LogP contribution in [0.1, 0.15) is 24.8 Å². The summed E-state index contributed by atoms with van der Waals surface area (Å²) in [6.45, 7) is 2.30. The summed E-state index contributed by atoms with van der Waals surface area (Å²) in [5, 5.41) is 9.75. The zero-order valence-electron chi connectivity index (χ0n) is 11.0. The number of fused-ring (bicyclic) bond motifs is 1. The van der Waals surface area contributed by atoms with Crippen LogP contribution in [0.3, 0.4) is 0 Å². The van der Waals surface area contributed by atoms with Crippen molar-refractivity contribution in [3.63, 3.8) is 0 Å². The molecule has 2 heteroatoms. The molecule has 18 heavy (non-hydrogen) atoms. The Hall–Kier alpha value is -1.28. The number of aromatic hydroxyl groups is 1. The van der Waals surface area contributed by atoms with Gasteiger partial charge in [-0.1, -0.05) is 24.3 Å². The number of benzene rings is 1. The van der Waals surface area contributed by atoms with Crippen LogP contribution < -0.4 is 0 Å². The van der Waals surface area contributed by atoms with Gasteiger partial charge < -0.3 is 10.0 Å². The quantitative estimate of drug-likeness (QED) is 0.767. The number of hydrogen-bond donors (Lipinski definition) is 1. The molecule has 96 valence electrons. The molecule has 0 aromatic heterocycles. The van der Waals surface area contributed by atoms with Crippen LogP contribution in [0.5, 0.6) is 5.75 Å². The average Bonchev–Trinajstić information content (AvgIpc) is 2.38. The summed E-state index contributed by atoms with van der Waals surface area (Å²) in [4.78, 5) is 2.44. The van der Waals surface area contributed by atoms with Gasteiger partial charge in [0.25, 0.3) is 0 Å². The smallest absolute Gasteiger partial charge is 0.115 e. The van der Waals surface area contributed by atoms with E-state index in [1.165, 1.54) is 24.9 Å². The highest BCUT2D eigenvalue weighted by Gasteiger charge is 2.42. The number of rotatable bonds is 1. The Bertz CT molecular complexity index is 468. The van der Waals surface area contributed by atoms with Crippen LogP contribution in [0, 0.1) is 5.92 Å². The lowest BCUT2D eigenvalue weighted by Gasteiger charge is -2.48. The molecular formula is C16H21NO. The van der Waals surface area contributed by atoms with Crippen molar-refractivity contribution >= 4 is 0 Å². The number of hydrogen-bond acceptors (Lipinski definition) is 2. The first kappa shape index (κ1) is 11.8. The van der Waals surface area contributed by atoms with E-state index in [0.29, 0.717) is 11.7 Å². The first-order chi connectivity index (χ1) is 8.71. The molecule has 1 heterocycles. The first-order valence-corrected chi connectivity index (χ1v) is 6.86. The minimum atomic E-state index is 0.156. The summed E-state index contributed by atoms with van der Waals surface area (Å²) in [6.07, 6.45) is 8.35. The summed E-state index contributed by atoms with van der Waals surface area (Å²) < 4.78 is 0. The van der Waals surface area contributed by atoms with Crippen molar-refractivity contribution in [2.45, 2.75) is 24.7 Å². The summed E-state index contributed by atoms with van der Waals surface area (Å²) in [5.41, 5.74) is 1.44. The van der Waals surface area contributed by atoms with E-state index in [1.54, 1.807) is 6.07 Å². The van der Waals surface area contributed by atoms with Gasteiger partial charge in [-0.05, 0) is 56.5 Å². The second-order valence-electron chi connectivity index (χ2n) is 5.78. The maximum absolute atomic E-state index is 9.75. The summed E-state index contributed by atoms with van der Waals surface area (Å²) >= 11 is 0. The summed E-state index contributed by atoms with van der Waals surface area (Å²) in [7, 11) is 2.21. The number of piperidine rings is 1. The average molecular weight is 243 g/mol. The third-order valence-corrected chi connectivity index (χ3v) is 4.65. The largest absolute Gasteiger partial charge is 0.508 e. The van der Waals surface area contributed by atoms with E-state index in [-0.39, 0.29) is 5.41 Å². The molecule has 2 atom stereocenters. The number of nitrogens with zero attached hydrogens (tertiary/aromatic N) is 1. The lowest BCUT2D eigenvalue weighted by Crippen LogP contribution is -2.48. The van der Waals surface area contributed by atoms with Crippen molar-refractivity contribution in [1.29, 1.82) is 0 Å². The molecule has 1 aliphatic heterocycles. The minimum absolute atomic E-state index is 0.156. The van der Waals surface area contributed by atoms with Crippen molar-refractivity contribution in [2.75, 3.05) is 20.1 Å². The molecule has 1 aromatic carbocycles. The Kier molecular flexibility index (Phi) is 2.90. The fourth-order valence-electron chi connectivity index (χ4n) is 3.64. The van der Waals surface area contributed by atoms with E-state index in [0.717, 1.165) is 13.0 Å². The van der Waals surface area contributed by atoms with E-state index in [4.69, 9.17) is 0 Å². The highest BCUT2D eigenvalue weighted by atomic mass is 16.3. The van der Waals surface area contributed by atoms with Crippen LogP contribution in [0.4, 0.5) is 0 Å². The Balaban J connectivity index is 2.04. The molecule has 0 unspecified atom stereocenters. The standard InChI is InChI=1S/C16H21NO/c1-17-10-9-16(8-3-2-5-14(16)12-17)13-6-4-7-15(18)11-13/h3-4,6-8,11,14,18H,2,5,9-10,12H2,1H3/t14-,16+/m0/s1. The van der Waals surface area contributed by atoms with Crippen molar-refractivity contribution in [3.8, 4) is 5.75 Å². The van der Waals surface area contributed by atoms with Gasteiger partial charge in [0.2, 0.25) is 0 Å². The SMILES string of the molecule is CN1CC[C@@]2(c3cccc(O)c3)C=CCC[C@H]2C1. The summed E-state index contributed by atoms with van der Waals surface area (Å²) in [6, 6.07) is 7.86. The van der Waals surface area contributed by atoms with Gasteiger partial charge in [0.15, 0.2) is 0 Å². The number of allylic oxidation sites excluding steroid dienone is 2. The topological polar surface area (TPSA) is 23.5 Å². The predicted octanol–water partition coefficient (Wildman–Crippen LogP) is 2.93. The molecule has 3 rings (SSSR count). The molecule has 1 N–H and O–H groups in total. The normalized spacial score (nSPS) is 32.2. The van der Waals surface area contributed by atoms with Gasteiger partial charge in [0.1, 0.15) is 5.75 Å². The molecule has 1 aromatic rings. The van der Waals surface area contributed by atoms with Crippen molar-refractivity contribution in [2.24, 2.45) is 5.92 Å². The van der Waals surface area contributed by atoms with Gasteiger partial charge in [0, 0.05) is 12.0 Å². The molecule has 1 aliphatic carbocycles. The Morgan fingerprint density at radius 2 is 2.28 bits per heavy atom. The Morgan fingerprint density at radius 3 is 3.11 bits per heavy atom. The van der Waals surface area contributed by atoms with Gasteiger partial charge in [-0.3, -0.25) is 0 Å². The van der Waals surface area contributed by atoms with Gasteiger partial charge in [-0.15, -0.1) is 0 Å². The third kappa shape index (κ3) is 1.85. The molecule has 0 bridgehead atoms. The molecule has 1 fully saturated rings. The maximum atomic E-state index is 9.75. The first-order valence-electron chi connectivity index (χ1n) is 6.86. The molecule has 2 nitrogen and oxygen atoms in total. The summed E-state index contributed by atoms with van der Waals surface area (Å²) in [5.74, 6) is 1.07. The van der Waals surface area contributed by atoms with Crippen LogP contribution in [0.2, 0.25) is 0 Å². The fourth-order valence-corrected chi connectivity index (χ4v) is 3.64. The minimum Gasteiger partial charge on any atom is -0.508 e. The number of likely N-dealkylation sites (tertiary alicyclic amines) is 1. The lowest BCUT2D eigenvalue weighted by molar-refractivity contribution is 0.128. The van der Waals surface area contributed by atoms with Crippen LogP contribution >= 0.6 is 0 Å². The van der Waals surface area contributed by atoms with E-state index in [1.807, 2.05) is 12.1 Å². The molecular weight excluding hydrogens is 222 g/mol. The van der Waals surface area contributed by atoms with E-state index < -0.39 is 0 Å². The highest BCUT2D eigenvalue weighted by molar-refractivity contribution is 5.39. The Morgan fingerprint density at radius 1 is 1.39 bits per heavy atom. The maximum Gasteiger partial charge on any atom is 0.115 e. The molecule has 1 saturated heterocycles. The van der Waals surface area contributed by atoms with Gasteiger partial charge in [-0.25, -0.2) is 0 Å². The lowest BCUT2D eigenvalue weighted by atomic mass is 9.62. The van der Waals surface area contributed by atoms with Crippen molar-refractivity contribution < 1.29 is 5.11 Å². The molecule has 2 aliphatic rings. The third-order valence-electron chi connectivity index (χ3n) is 4.65. The fraction of sp³-hybridized carbons (Fsp3) is 0.500. The zero-order valence-corrected chi connectivity index (χ0v) is 11.0. The second kappa shape index (κ2) is 4.43. The van der Waals surface area contributed by atoms with Crippen molar-refractivity contribution in [3.05, 3.63) is 42.0 Å². The molecule has 0 spiro atoms. The van der Waals surface area contributed by atoms with Crippen LogP contribution in [-0.2, 0) is 5.41 Å². The monoisotopic (exact) mass is 243 g/mol.